The Morgan fingerprint density at radius 1 is 0.722 bits per heavy atom. The van der Waals surface area contributed by atoms with Gasteiger partial charge in [-0.3, -0.25) is 0 Å². The van der Waals surface area contributed by atoms with Crippen molar-refractivity contribution < 1.29 is 31.3 Å². The summed E-state index contributed by atoms with van der Waals surface area (Å²) in [4.78, 5) is 0. The quantitative estimate of drug-likeness (QED) is 0.519. The molecule has 0 aliphatic carbocycles. The molecular formula is C13H7BrCrO3. The van der Waals surface area contributed by atoms with Gasteiger partial charge in [0.05, 0.1) is 0 Å². The Hall–Kier alpha value is -1.07. The summed E-state index contributed by atoms with van der Waals surface area (Å²) in [5.74, 6) is 0. The topological polar surface area (TPSA) is 59.7 Å². The molecule has 0 amide bonds. The third kappa shape index (κ3) is 7.30. The van der Waals surface area contributed by atoms with E-state index in [1.54, 1.807) is 0 Å². The molecule has 0 bridgehead atoms. The Kier molecular flexibility index (Phi) is 19.6. The average Bonchev–Trinajstić information content (AvgIpc) is 2.46. The first-order valence-corrected chi connectivity index (χ1v) is 4.92. The van der Waals surface area contributed by atoms with Gasteiger partial charge >= 0.3 is 33.9 Å². The van der Waals surface area contributed by atoms with E-state index < -0.39 is 0 Å². The molecule has 5 heteroatoms. The minimum absolute atomic E-state index is 0. The van der Waals surface area contributed by atoms with E-state index in [0.29, 0.717) is 0 Å². The Morgan fingerprint density at radius 2 is 1.17 bits per heavy atom. The second-order valence-corrected chi connectivity index (χ2v) is 3.32. The van der Waals surface area contributed by atoms with Crippen molar-refractivity contribution >= 4 is 26.7 Å². The first-order valence-electron chi connectivity index (χ1n) is 4.12. The molecule has 18 heavy (non-hydrogen) atoms. The molecule has 2 rings (SSSR count). The minimum Gasteiger partial charge on any atom is 0 e. The third-order valence-electron chi connectivity index (χ3n) is 1.74. The maximum atomic E-state index is 7.50. The Morgan fingerprint density at radius 3 is 1.67 bits per heavy atom. The van der Waals surface area contributed by atoms with Gasteiger partial charge < -0.3 is 0 Å². The Bertz CT molecular complexity index is 487. The molecule has 0 N–H and O–H groups in total. The number of benzene rings is 2. The van der Waals surface area contributed by atoms with E-state index in [0.717, 1.165) is 4.47 Å². The van der Waals surface area contributed by atoms with Crippen molar-refractivity contribution in [2.24, 2.45) is 0 Å². The molecule has 2 aromatic carbocycles. The summed E-state index contributed by atoms with van der Waals surface area (Å²) in [5.41, 5.74) is 0. The van der Waals surface area contributed by atoms with E-state index in [1.165, 1.54) is 10.8 Å². The van der Waals surface area contributed by atoms with Gasteiger partial charge in [-0.1, -0.05) is 52.3 Å². The molecular weight excluding hydrogens is 336 g/mol. The molecule has 0 saturated heterocycles. The van der Waals surface area contributed by atoms with E-state index in [-0.39, 0.29) is 17.4 Å². The smallest absolute Gasteiger partial charge is 0 e. The molecule has 0 atom stereocenters. The summed E-state index contributed by atoms with van der Waals surface area (Å²) in [7, 11) is 0. The maximum absolute atomic E-state index is 7.50. The van der Waals surface area contributed by atoms with Crippen LogP contribution in [0.15, 0.2) is 46.9 Å². The van der Waals surface area contributed by atoms with Crippen molar-refractivity contribution in [3.63, 3.8) is 0 Å². The molecule has 0 aliphatic heterocycles. The van der Waals surface area contributed by atoms with Crippen LogP contribution < -0.4 is 0 Å². The van der Waals surface area contributed by atoms with Gasteiger partial charge in [0.1, 0.15) is 0 Å². The van der Waals surface area contributed by atoms with Crippen LogP contribution in [-0.4, -0.2) is 0 Å². The first kappa shape index (κ1) is 22.1. The fourth-order valence-corrected chi connectivity index (χ4v) is 1.70. The molecule has 0 spiro atoms. The summed E-state index contributed by atoms with van der Waals surface area (Å²) in [6.07, 6.45) is 0. The Labute approximate surface area is 125 Å². The molecule has 3 nitrogen and oxygen atoms in total. The number of fused-ring (bicyclic) bond motifs is 1. The van der Waals surface area contributed by atoms with Crippen LogP contribution in [0.1, 0.15) is 0 Å². The monoisotopic (exact) mass is 342 g/mol. The van der Waals surface area contributed by atoms with E-state index in [2.05, 4.69) is 66.2 Å². The average molecular weight is 343 g/mol. The standard InChI is InChI=1S/C10H7Br.3CO.Cr/c11-10-7-3-5-8-4-1-2-6-9(8)10;3*1-2;/h1-7H;;;;. The van der Waals surface area contributed by atoms with Crippen LogP contribution in [0.25, 0.3) is 10.8 Å². The summed E-state index contributed by atoms with van der Waals surface area (Å²) >= 11 is 3.50. The number of hydrogen-bond donors (Lipinski definition) is 0. The van der Waals surface area contributed by atoms with Gasteiger partial charge in [-0.25, -0.2) is 0 Å². The molecule has 0 radical (unpaired) electrons. The molecule has 0 aliphatic rings. The van der Waals surface area contributed by atoms with Gasteiger partial charge in [-0.05, 0) is 16.8 Å². The van der Waals surface area contributed by atoms with Gasteiger partial charge in [-0.2, -0.15) is 0 Å². The summed E-state index contributed by atoms with van der Waals surface area (Å²) < 4.78 is 23.7. The van der Waals surface area contributed by atoms with Gasteiger partial charge in [-0.15, -0.1) is 0 Å². The SMILES string of the molecule is Brc1cccc2ccccc12.[C-]#[O+].[C-]#[O+].[C-]#[O+].[Cr]. The van der Waals surface area contributed by atoms with Crippen LogP contribution in [0.3, 0.4) is 0 Å². The predicted octanol–water partition coefficient (Wildman–Crippen LogP) is 3.49. The molecule has 0 unspecified atom stereocenters. The van der Waals surface area contributed by atoms with Gasteiger partial charge in [0.25, 0.3) is 0 Å². The molecule has 0 fully saturated rings. The second kappa shape index (κ2) is 15.9. The van der Waals surface area contributed by atoms with Crippen LogP contribution in [-0.2, 0) is 31.3 Å². The van der Waals surface area contributed by atoms with Crippen LogP contribution >= 0.6 is 15.9 Å². The van der Waals surface area contributed by atoms with E-state index >= 15 is 0 Å². The first-order chi connectivity index (χ1) is 8.38. The second-order valence-electron chi connectivity index (χ2n) is 2.46. The van der Waals surface area contributed by atoms with Crippen LogP contribution in [0, 0.1) is 20.0 Å². The number of halogens is 1. The van der Waals surface area contributed by atoms with Gasteiger partial charge in [0.15, 0.2) is 0 Å². The third-order valence-corrected chi connectivity index (χ3v) is 2.43. The summed E-state index contributed by atoms with van der Waals surface area (Å²) in [5, 5.41) is 2.55. The Balaban J connectivity index is -0.000000285. The van der Waals surface area contributed by atoms with Crippen molar-refractivity contribution in [1.29, 1.82) is 0 Å². The van der Waals surface area contributed by atoms with Crippen molar-refractivity contribution in [3.8, 4) is 0 Å². The van der Waals surface area contributed by atoms with E-state index in [1.807, 2.05) is 12.1 Å². The molecule has 0 heterocycles. The molecule has 0 saturated carbocycles. The zero-order valence-electron chi connectivity index (χ0n) is 9.05. The largest absolute Gasteiger partial charge is 0 e. The zero-order chi connectivity index (χ0) is 13.7. The zero-order valence-corrected chi connectivity index (χ0v) is 11.9. The van der Waals surface area contributed by atoms with E-state index in [4.69, 9.17) is 14.0 Å². The van der Waals surface area contributed by atoms with Crippen molar-refractivity contribution in [2.45, 2.75) is 0 Å². The summed E-state index contributed by atoms with van der Waals surface area (Å²) in [6, 6.07) is 14.5. The van der Waals surface area contributed by atoms with Crippen LogP contribution in [0.5, 0.6) is 0 Å². The van der Waals surface area contributed by atoms with Crippen LogP contribution in [0.2, 0.25) is 0 Å². The fraction of sp³-hybridized carbons (Fsp3) is 0. The fourth-order valence-electron chi connectivity index (χ4n) is 1.19. The van der Waals surface area contributed by atoms with Gasteiger partial charge in [0.2, 0.25) is 0 Å². The number of rotatable bonds is 0. The van der Waals surface area contributed by atoms with E-state index in [9.17, 15) is 0 Å². The minimum atomic E-state index is 0. The van der Waals surface area contributed by atoms with Crippen molar-refractivity contribution in [2.75, 3.05) is 0 Å². The normalized spacial score (nSPS) is 6.61. The van der Waals surface area contributed by atoms with Crippen molar-refractivity contribution in [1.82, 2.24) is 0 Å². The molecule has 0 aromatic heterocycles. The molecule has 2 aromatic rings. The predicted molar refractivity (Wildman–Crippen MR) is 63.4 cm³/mol. The maximum Gasteiger partial charge on any atom is 0 e. The van der Waals surface area contributed by atoms with Crippen LogP contribution in [0.4, 0.5) is 0 Å². The number of hydrogen-bond acceptors (Lipinski definition) is 0. The summed E-state index contributed by atoms with van der Waals surface area (Å²) in [6.45, 7) is 13.5. The molecule has 90 valence electrons. The van der Waals surface area contributed by atoms with Crippen molar-refractivity contribution in [3.05, 3.63) is 66.9 Å². The van der Waals surface area contributed by atoms with Gasteiger partial charge in [0, 0.05) is 21.8 Å².